The summed E-state index contributed by atoms with van der Waals surface area (Å²) in [5, 5.41) is 0. The first-order valence-electron chi connectivity index (χ1n) is 5.88. The molecule has 0 fully saturated rings. The second kappa shape index (κ2) is 9.24. The van der Waals surface area contributed by atoms with E-state index in [0.29, 0.717) is 0 Å². The van der Waals surface area contributed by atoms with Crippen LogP contribution < -0.4 is 0 Å². The van der Waals surface area contributed by atoms with E-state index in [2.05, 4.69) is 40.2 Å². The number of halogens is 1. The van der Waals surface area contributed by atoms with Crippen molar-refractivity contribution in [3.05, 3.63) is 74.4 Å². The van der Waals surface area contributed by atoms with Gasteiger partial charge in [0.05, 0.1) is 22.8 Å². The van der Waals surface area contributed by atoms with Gasteiger partial charge in [-0.3, -0.25) is 9.97 Å². The number of hydrogen-bond donors (Lipinski definition) is 0. The third kappa shape index (κ3) is 4.64. The zero-order valence-electron chi connectivity index (χ0n) is 11.4. The normalized spacial score (nSPS) is 9.00. The summed E-state index contributed by atoms with van der Waals surface area (Å²) in [5.74, 6) is 0. The monoisotopic (exact) mass is 338 g/mol. The first-order valence-corrected chi connectivity index (χ1v) is 7.50. The molecule has 0 radical (unpaired) electrons. The Morgan fingerprint density at radius 3 is 1.43 bits per heavy atom. The molecule has 3 aromatic rings. The summed E-state index contributed by atoms with van der Waals surface area (Å²) >= 11 is 2.41. The topological polar surface area (TPSA) is 38.7 Å². The van der Waals surface area contributed by atoms with Crippen molar-refractivity contribution < 1.29 is 15.1 Å². The molecule has 0 saturated heterocycles. The summed E-state index contributed by atoms with van der Waals surface area (Å²) in [7, 11) is 4.45. The smallest absolute Gasteiger partial charge is 0.0894 e. The summed E-state index contributed by atoms with van der Waals surface area (Å²) < 4.78 is 0. The van der Waals surface area contributed by atoms with Gasteiger partial charge in [0.25, 0.3) is 0 Å². The van der Waals surface area contributed by atoms with Crippen molar-refractivity contribution >= 4 is 10.1 Å². The fraction of sp³-hybridized carbons (Fsp3) is 0. The molecule has 0 saturated carbocycles. The summed E-state index contributed by atoms with van der Waals surface area (Å²) in [4.78, 5) is 13.2. The molecule has 21 heavy (non-hydrogen) atoms. The molecule has 5 heteroatoms. The second-order valence-electron chi connectivity index (χ2n) is 3.84. The number of aromatic nitrogens is 3. The molecular weight excluding hydrogens is 325 g/mol. The Morgan fingerprint density at radius 2 is 1.05 bits per heavy atom. The molecule has 0 aliphatic carbocycles. The molecular formula is C16H14ClMnN3. The third-order valence-corrected chi connectivity index (χ3v) is 2.60. The summed E-state index contributed by atoms with van der Waals surface area (Å²) in [5.41, 5.74) is 3.46. The standard InChI is InChI=1S/C15H11N3.CH3.ClH.Mn/c1-3-10-16-12(6-1)14-8-5-9-15(18-14)13-7-2-4-11-17-13;;;/h1-11H;1H3;1H;/q;-1;;+2/p-1. The summed E-state index contributed by atoms with van der Waals surface area (Å²) in [6.07, 6.45) is 3.54. The predicted molar refractivity (Wildman–Crippen MR) is 83.0 cm³/mol. The minimum Gasteiger partial charge on any atom is -0.255 e. The van der Waals surface area contributed by atoms with Crippen molar-refractivity contribution in [2.45, 2.75) is 0 Å². The average molecular weight is 339 g/mol. The van der Waals surface area contributed by atoms with E-state index < -0.39 is 0 Å². The summed E-state index contributed by atoms with van der Waals surface area (Å²) in [6.45, 7) is 0. The van der Waals surface area contributed by atoms with Crippen LogP contribution in [0.4, 0.5) is 0 Å². The first-order chi connectivity index (χ1) is 9.93. The van der Waals surface area contributed by atoms with Crippen LogP contribution in [-0.4, -0.2) is 15.0 Å². The third-order valence-electron chi connectivity index (χ3n) is 2.60. The molecule has 3 nitrogen and oxygen atoms in total. The molecule has 0 amide bonds. The molecule has 3 heterocycles. The quantitative estimate of drug-likeness (QED) is 0.515. The largest absolute Gasteiger partial charge is 0.255 e. The van der Waals surface area contributed by atoms with Gasteiger partial charge in [0, 0.05) is 12.4 Å². The van der Waals surface area contributed by atoms with Gasteiger partial charge in [-0.1, -0.05) is 18.2 Å². The number of rotatable bonds is 2. The Kier molecular flexibility index (Phi) is 7.62. The summed E-state index contributed by atoms with van der Waals surface area (Å²) in [6, 6.07) is 17.5. The predicted octanol–water partition coefficient (Wildman–Crippen LogP) is 4.34. The maximum atomic E-state index is 4.59. The van der Waals surface area contributed by atoms with Crippen LogP contribution >= 0.6 is 10.1 Å². The molecule has 0 aromatic carbocycles. The minimum absolute atomic E-state index is 0. The SMILES string of the molecule is [CH3-].[Cl][Mn+].c1ccc(-c2cccc(-c3ccccn3)n2)nc1. The zero-order chi connectivity index (χ0) is 14.2. The van der Waals surface area contributed by atoms with E-state index >= 15 is 0 Å². The van der Waals surface area contributed by atoms with E-state index in [1.165, 1.54) is 0 Å². The van der Waals surface area contributed by atoms with Gasteiger partial charge in [-0.2, -0.15) is 0 Å². The first kappa shape index (κ1) is 17.3. The van der Waals surface area contributed by atoms with E-state index in [1.807, 2.05) is 54.6 Å². The van der Waals surface area contributed by atoms with Gasteiger partial charge >= 0.3 is 25.2 Å². The van der Waals surface area contributed by atoms with E-state index in [0.717, 1.165) is 22.8 Å². The van der Waals surface area contributed by atoms with Gasteiger partial charge in [-0.05, 0) is 36.4 Å². The number of nitrogens with zero attached hydrogens (tertiary/aromatic N) is 3. The van der Waals surface area contributed by atoms with E-state index in [-0.39, 0.29) is 7.43 Å². The molecule has 0 atom stereocenters. The Labute approximate surface area is 137 Å². The Hall–Kier alpha value is -1.74. The van der Waals surface area contributed by atoms with E-state index in [9.17, 15) is 0 Å². The molecule has 0 N–H and O–H groups in total. The van der Waals surface area contributed by atoms with E-state index in [4.69, 9.17) is 0 Å². The van der Waals surface area contributed by atoms with Crippen LogP contribution in [0.15, 0.2) is 67.0 Å². The molecule has 0 aliphatic rings. The van der Waals surface area contributed by atoms with Crippen LogP contribution in [-0.2, 0) is 15.1 Å². The molecule has 0 bridgehead atoms. The van der Waals surface area contributed by atoms with Gasteiger partial charge in [-0.25, -0.2) is 4.98 Å². The number of pyridine rings is 3. The minimum atomic E-state index is 0. The maximum Gasteiger partial charge on any atom is 0.0894 e. The Bertz CT molecular complexity index is 593. The van der Waals surface area contributed by atoms with Gasteiger partial charge in [0.15, 0.2) is 0 Å². The Morgan fingerprint density at radius 1 is 0.619 bits per heavy atom. The van der Waals surface area contributed by atoms with Crippen molar-refractivity contribution in [2.75, 3.05) is 0 Å². The van der Waals surface area contributed by atoms with Crippen LogP contribution in [0, 0.1) is 7.43 Å². The van der Waals surface area contributed by atoms with Crippen molar-refractivity contribution in [1.29, 1.82) is 0 Å². The van der Waals surface area contributed by atoms with E-state index in [1.54, 1.807) is 12.4 Å². The van der Waals surface area contributed by atoms with Crippen molar-refractivity contribution in [3.8, 4) is 22.8 Å². The maximum absolute atomic E-state index is 4.59. The molecule has 3 rings (SSSR count). The van der Waals surface area contributed by atoms with Crippen LogP contribution in [0.2, 0.25) is 0 Å². The van der Waals surface area contributed by atoms with Crippen molar-refractivity contribution in [2.24, 2.45) is 0 Å². The second-order valence-corrected chi connectivity index (χ2v) is 3.84. The molecule has 0 aliphatic heterocycles. The molecule has 0 spiro atoms. The fourth-order valence-corrected chi connectivity index (χ4v) is 1.75. The van der Waals surface area contributed by atoms with Gasteiger partial charge < -0.3 is 7.43 Å². The van der Waals surface area contributed by atoms with Gasteiger partial charge in [-0.15, -0.1) is 0 Å². The van der Waals surface area contributed by atoms with Crippen molar-refractivity contribution in [3.63, 3.8) is 0 Å². The molecule has 3 aromatic heterocycles. The van der Waals surface area contributed by atoms with Crippen LogP contribution in [0.3, 0.4) is 0 Å². The molecule has 0 unspecified atom stereocenters. The van der Waals surface area contributed by atoms with Gasteiger partial charge in [0.2, 0.25) is 0 Å². The average Bonchev–Trinajstić information content (AvgIpc) is 2.58. The molecule has 107 valence electrons. The van der Waals surface area contributed by atoms with Crippen LogP contribution in [0.5, 0.6) is 0 Å². The number of hydrogen-bond acceptors (Lipinski definition) is 3. The fourth-order valence-electron chi connectivity index (χ4n) is 1.75. The zero-order valence-corrected chi connectivity index (χ0v) is 13.4. The Balaban J connectivity index is 0.000000706. The van der Waals surface area contributed by atoms with Crippen molar-refractivity contribution in [1.82, 2.24) is 15.0 Å². The van der Waals surface area contributed by atoms with Crippen LogP contribution in [0.1, 0.15) is 0 Å². The van der Waals surface area contributed by atoms with Crippen LogP contribution in [0.25, 0.3) is 22.8 Å². The van der Waals surface area contributed by atoms with Gasteiger partial charge in [0.1, 0.15) is 0 Å².